The molecule has 106 valence electrons. The van der Waals surface area contributed by atoms with Gasteiger partial charge in [-0.1, -0.05) is 37.3 Å². The summed E-state index contributed by atoms with van der Waals surface area (Å²) in [6.45, 7) is 2.35. The van der Waals surface area contributed by atoms with Crippen LogP contribution in [0.3, 0.4) is 0 Å². The molecule has 2 aromatic rings. The molecule has 4 nitrogen and oxygen atoms in total. The number of hydrogen-bond donors (Lipinski definition) is 2. The van der Waals surface area contributed by atoms with Crippen LogP contribution < -0.4 is 10.5 Å². The zero-order chi connectivity index (χ0) is 14.6. The van der Waals surface area contributed by atoms with E-state index in [1.165, 1.54) is 17.7 Å². The SMILES string of the molecule is CCc1ccc(CNS(=O)(=O)c2cccc(N)c2)cc1. The van der Waals surface area contributed by atoms with E-state index in [4.69, 9.17) is 5.73 Å². The van der Waals surface area contributed by atoms with Crippen molar-refractivity contribution in [1.29, 1.82) is 0 Å². The third kappa shape index (κ3) is 3.59. The number of hydrogen-bond acceptors (Lipinski definition) is 3. The van der Waals surface area contributed by atoms with E-state index in [2.05, 4.69) is 11.6 Å². The fourth-order valence-corrected chi connectivity index (χ4v) is 2.91. The molecule has 2 rings (SSSR count). The lowest BCUT2D eigenvalue weighted by atomic mass is 10.1. The van der Waals surface area contributed by atoms with Crippen molar-refractivity contribution in [2.24, 2.45) is 0 Å². The van der Waals surface area contributed by atoms with Gasteiger partial charge in [-0.3, -0.25) is 0 Å². The average molecular weight is 290 g/mol. The van der Waals surface area contributed by atoms with Crippen LogP contribution in [-0.2, 0) is 23.0 Å². The summed E-state index contributed by atoms with van der Waals surface area (Å²) in [5.74, 6) is 0. The zero-order valence-corrected chi connectivity index (χ0v) is 12.2. The maximum Gasteiger partial charge on any atom is 0.240 e. The molecular formula is C15H18N2O2S. The summed E-state index contributed by atoms with van der Waals surface area (Å²) in [5, 5.41) is 0. The molecule has 0 spiro atoms. The first-order valence-electron chi connectivity index (χ1n) is 6.44. The zero-order valence-electron chi connectivity index (χ0n) is 11.3. The Morgan fingerprint density at radius 1 is 1.05 bits per heavy atom. The van der Waals surface area contributed by atoms with Crippen molar-refractivity contribution >= 4 is 15.7 Å². The number of anilines is 1. The molecule has 5 heteroatoms. The van der Waals surface area contributed by atoms with Crippen molar-refractivity contribution in [3.05, 3.63) is 59.7 Å². The second-order valence-corrected chi connectivity index (χ2v) is 6.33. The van der Waals surface area contributed by atoms with Crippen LogP contribution >= 0.6 is 0 Å². The van der Waals surface area contributed by atoms with Gasteiger partial charge in [0.2, 0.25) is 10.0 Å². The highest BCUT2D eigenvalue weighted by atomic mass is 32.2. The first kappa shape index (κ1) is 14.6. The predicted molar refractivity (Wildman–Crippen MR) is 80.7 cm³/mol. The van der Waals surface area contributed by atoms with Gasteiger partial charge in [0.1, 0.15) is 0 Å². The highest BCUT2D eigenvalue weighted by Gasteiger charge is 2.13. The van der Waals surface area contributed by atoms with E-state index in [9.17, 15) is 8.42 Å². The molecule has 0 atom stereocenters. The largest absolute Gasteiger partial charge is 0.399 e. The first-order chi connectivity index (χ1) is 9.51. The van der Waals surface area contributed by atoms with E-state index in [0.717, 1.165) is 12.0 Å². The maximum absolute atomic E-state index is 12.1. The van der Waals surface area contributed by atoms with Crippen LogP contribution in [0.4, 0.5) is 5.69 Å². The molecule has 0 heterocycles. The van der Waals surface area contributed by atoms with Gasteiger partial charge < -0.3 is 5.73 Å². The third-order valence-corrected chi connectivity index (χ3v) is 4.46. The van der Waals surface area contributed by atoms with Crippen LogP contribution in [0.2, 0.25) is 0 Å². The lowest BCUT2D eigenvalue weighted by Gasteiger charge is -2.08. The Labute approximate surface area is 119 Å². The van der Waals surface area contributed by atoms with Gasteiger partial charge in [0.05, 0.1) is 4.90 Å². The van der Waals surface area contributed by atoms with Crippen molar-refractivity contribution in [2.75, 3.05) is 5.73 Å². The number of nitrogens with two attached hydrogens (primary N) is 1. The quantitative estimate of drug-likeness (QED) is 0.830. The van der Waals surface area contributed by atoms with Gasteiger partial charge in [-0.25, -0.2) is 13.1 Å². The minimum atomic E-state index is -3.53. The van der Waals surface area contributed by atoms with E-state index in [1.807, 2.05) is 24.3 Å². The molecule has 0 aliphatic carbocycles. The van der Waals surface area contributed by atoms with E-state index < -0.39 is 10.0 Å². The maximum atomic E-state index is 12.1. The monoisotopic (exact) mass is 290 g/mol. The second-order valence-electron chi connectivity index (χ2n) is 4.57. The Hall–Kier alpha value is -1.85. The van der Waals surface area contributed by atoms with Gasteiger partial charge in [0.15, 0.2) is 0 Å². The molecule has 3 N–H and O–H groups in total. The number of sulfonamides is 1. The normalized spacial score (nSPS) is 11.4. The highest BCUT2D eigenvalue weighted by molar-refractivity contribution is 7.89. The number of nitrogens with one attached hydrogen (secondary N) is 1. The van der Waals surface area contributed by atoms with Crippen molar-refractivity contribution < 1.29 is 8.42 Å². The van der Waals surface area contributed by atoms with Crippen LogP contribution in [-0.4, -0.2) is 8.42 Å². The van der Waals surface area contributed by atoms with Gasteiger partial charge in [-0.15, -0.1) is 0 Å². The fourth-order valence-electron chi connectivity index (χ4n) is 1.84. The standard InChI is InChI=1S/C15H18N2O2S/c1-2-12-6-8-13(9-7-12)11-17-20(18,19)15-5-3-4-14(16)10-15/h3-10,17H,2,11,16H2,1H3. The smallest absolute Gasteiger partial charge is 0.240 e. The number of benzene rings is 2. The number of rotatable bonds is 5. The molecule has 0 radical (unpaired) electrons. The van der Waals surface area contributed by atoms with Gasteiger partial charge in [0.25, 0.3) is 0 Å². The second kappa shape index (κ2) is 6.07. The lowest BCUT2D eigenvalue weighted by Crippen LogP contribution is -2.23. The van der Waals surface area contributed by atoms with E-state index >= 15 is 0 Å². The Bertz CT molecular complexity index is 679. The minimum Gasteiger partial charge on any atom is -0.399 e. The van der Waals surface area contributed by atoms with Gasteiger partial charge in [-0.2, -0.15) is 0 Å². The van der Waals surface area contributed by atoms with E-state index in [1.54, 1.807) is 12.1 Å². The molecule has 0 aliphatic rings. The fraction of sp³-hybridized carbons (Fsp3) is 0.200. The Morgan fingerprint density at radius 2 is 1.70 bits per heavy atom. The molecule has 20 heavy (non-hydrogen) atoms. The third-order valence-electron chi connectivity index (χ3n) is 3.07. The van der Waals surface area contributed by atoms with Crippen molar-refractivity contribution in [1.82, 2.24) is 4.72 Å². The molecule has 0 aliphatic heterocycles. The van der Waals surface area contributed by atoms with Crippen molar-refractivity contribution in [3.8, 4) is 0 Å². The molecule has 0 aromatic heterocycles. The molecule has 0 amide bonds. The van der Waals surface area contributed by atoms with Gasteiger partial charge >= 0.3 is 0 Å². The molecular weight excluding hydrogens is 272 g/mol. The predicted octanol–water partition coefficient (Wildman–Crippen LogP) is 2.31. The van der Waals surface area contributed by atoms with Crippen LogP contribution in [0.25, 0.3) is 0 Å². The van der Waals surface area contributed by atoms with Crippen molar-refractivity contribution in [2.45, 2.75) is 24.8 Å². The van der Waals surface area contributed by atoms with Crippen LogP contribution in [0.15, 0.2) is 53.4 Å². The van der Waals surface area contributed by atoms with E-state index in [-0.39, 0.29) is 11.4 Å². The van der Waals surface area contributed by atoms with Crippen LogP contribution in [0.5, 0.6) is 0 Å². The summed E-state index contributed by atoms with van der Waals surface area (Å²) in [4.78, 5) is 0.183. The Balaban J connectivity index is 2.09. The van der Waals surface area contributed by atoms with Gasteiger partial charge in [0, 0.05) is 12.2 Å². The Morgan fingerprint density at radius 3 is 2.30 bits per heavy atom. The topological polar surface area (TPSA) is 72.2 Å². The number of aryl methyl sites for hydroxylation is 1. The molecule has 0 saturated carbocycles. The van der Waals surface area contributed by atoms with Crippen molar-refractivity contribution in [3.63, 3.8) is 0 Å². The summed E-state index contributed by atoms with van der Waals surface area (Å²) >= 11 is 0. The summed E-state index contributed by atoms with van der Waals surface area (Å²) in [5.41, 5.74) is 8.19. The molecule has 2 aromatic carbocycles. The summed E-state index contributed by atoms with van der Waals surface area (Å²) in [6.07, 6.45) is 0.968. The highest BCUT2D eigenvalue weighted by Crippen LogP contribution is 2.13. The first-order valence-corrected chi connectivity index (χ1v) is 7.92. The summed E-state index contributed by atoms with van der Waals surface area (Å²) in [7, 11) is -3.53. The summed E-state index contributed by atoms with van der Waals surface area (Å²) in [6, 6.07) is 14.1. The van der Waals surface area contributed by atoms with Crippen LogP contribution in [0.1, 0.15) is 18.1 Å². The lowest BCUT2D eigenvalue weighted by molar-refractivity contribution is 0.581. The molecule has 0 unspecified atom stereocenters. The minimum absolute atomic E-state index is 0.183. The Kier molecular flexibility index (Phi) is 4.42. The van der Waals surface area contributed by atoms with E-state index in [0.29, 0.717) is 5.69 Å². The summed E-state index contributed by atoms with van der Waals surface area (Å²) < 4.78 is 26.8. The van der Waals surface area contributed by atoms with Gasteiger partial charge in [-0.05, 0) is 35.7 Å². The average Bonchev–Trinajstić information content (AvgIpc) is 2.46. The number of nitrogen functional groups attached to an aromatic ring is 1. The van der Waals surface area contributed by atoms with Crippen LogP contribution in [0, 0.1) is 0 Å². The molecule has 0 bridgehead atoms. The molecule has 0 saturated heterocycles. The molecule has 0 fully saturated rings.